The molecule has 134 valence electrons. The lowest BCUT2D eigenvalue weighted by Crippen LogP contribution is -2.35. The summed E-state index contributed by atoms with van der Waals surface area (Å²) in [5.74, 6) is 0.846. The molecule has 0 radical (unpaired) electrons. The highest BCUT2D eigenvalue weighted by atomic mass is 15.0. The molecule has 2 atom stereocenters. The molecular formula is C21H30N4. The monoisotopic (exact) mass is 338 g/mol. The molecule has 2 fully saturated rings. The fourth-order valence-corrected chi connectivity index (χ4v) is 4.82. The van der Waals surface area contributed by atoms with E-state index in [0.29, 0.717) is 11.5 Å². The molecule has 1 saturated carbocycles. The Bertz CT molecular complexity index is 687. The molecule has 3 aliphatic rings. The molecule has 1 saturated heterocycles. The highest BCUT2D eigenvalue weighted by Gasteiger charge is 2.57. The molecule has 4 nitrogen and oxygen atoms in total. The van der Waals surface area contributed by atoms with Gasteiger partial charge in [0.2, 0.25) is 0 Å². The van der Waals surface area contributed by atoms with Gasteiger partial charge in [-0.3, -0.25) is 4.99 Å². The number of allylic oxidation sites excluding steroid dienone is 1. The smallest absolute Gasteiger partial charge is 0.0301 e. The summed E-state index contributed by atoms with van der Waals surface area (Å²) in [7, 11) is 1.79. The van der Waals surface area contributed by atoms with Gasteiger partial charge in [0, 0.05) is 36.5 Å². The van der Waals surface area contributed by atoms with Crippen LogP contribution in [-0.4, -0.2) is 38.9 Å². The molecule has 0 amide bonds. The van der Waals surface area contributed by atoms with Crippen molar-refractivity contribution in [1.82, 2.24) is 10.6 Å². The number of nitrogens with zero attached hydrogens (tertiary/aromatic N) is 1. The largest absolute Gasteiger partial charge is 0.404 e. The normalized spacial score (nSPS) is 29.5. The van der Waals surface area contributed by atoms with Gasteiger partial charge in [-0.1, -0.05) is 18.2 Å². The van der Waals surface area contributed by atoms with Gasteiger partial charge < -0.3 is 16.4 Å². The number of piperidine rings is 1. The summed E-state index contributed by atoms with van der Waals surface area (Å²) in [6.45, 7) is 3.54. The van der Waals surface area contributed by atoms with Gasteiger partial charge in [0.15, 0.2) is 0 Å². The molecule has 1 aliphatic heterocycles. The lowest BCUT2D eigenvalue weighted by atomic mass is 9.93. The van der Waals surface area contributed by atoms with Crippen molar-refractivity contribution in [3.63, 3.8) is 0 Å². The molecule has 1 aromatic carbocycles. The summed E-state index contributed by atoms with van der Waals surface area (Å²) in [5, 5.41) is 7.35. The van der Waals surface area contributed by atoms with E-state index in [2.05, 4.69) is 33.8 Å². The average Bonchev–Trinajstić information content (AvgIpc) is 3.25. The van der Waals surface area contributed by atoms with E-state index in [9.17, 15) is 0 Å². The van der Waals surface area contributed by atoms with Crippen molar-refractivity contribution in [1.29, 1.82) is 0 Å². The summed E-state index contributed by atoms with van der Waals surface area (Å²) in [5.41, 5.74) is 11.5. The Morgan fingerprint density at radius 3 is 3.00 bits per heavy atom. The summed E-state index contributed by atoms with van der Waals surface area (Å²) in [6, 6.07) is 7.52. The molecule has 1 spiro atoms. The van der Waals surface area contributed by atoms with E-state index in [0.717, 1.165) is 11.5 Å². The van der Waals surface area contributed by atoms with Crippen LogP contribution < -0.4 is 16.4 Å². The van der Waals surface area contributed by atoms with Crippen molar-refractivity contribution in [2.75, 3.05) is 26.7 Å². The van der Waals surface area contributed by atoms with E-state index in [-0.39, 0.29) is 0 Å². The second-order valence-corrected chi connectivity index (χ2v) is 7.90. The summed E-state index contributed by atoms with van der Waals surface area (Å²) >= 11 is 0. The molecule has 4 N–H and O–H groups in total. The molecule has 2 unspecified atom stereocenters. The third kappa shape index (κ3) is 3.13. The van der Waals surface area contributed by atoms with E-state index in [1.54, 1.807) is 18.8 Å². The molecule has 4 rings (SSSR count). The fraction of sp³-hybridized carbons (Fsp3) is 0.571. The zero-order chi connectivity index (χ0) is 17.3. The van der Waals surface area contributed by atoms with Crippen LogP contribution >= 0.6 is 0 Å². The van der Waals surface area contributed by atoms with Crippen LogP contribution in [0.4, 0.5) is 0 Å². The zero-order valence-corrected chi connectivity index (χ0v) is 15.2. The van der Waals surface area contributed by atoms with E-state index < -0.39 is 0 Å². The Morgan fingerprint density at radius 2 is 2.24 bits per heavy atom. The highest BCUT2D eigenvalue weighted by Crippen LogP contribution is 2.57. The van der Waals surface area contributed by atoms with Crippen molar-refractivity contribution in [2.24, 2.45) is 16.6 Å². The summed E-state index contributed by atoms with van der Waals surface area (Å²) in [6.07, 6.45) is 9.93. The predicted octanol–water partition coefficient (Wildman–Crippen LogP) is 2.23. The Kier molecular flexibility index (Phi) is 4.65. The van der Waals surface area contributed by atoms with Crippen LogP contribution in [0.5, 0.6) is 0 Å². The van der Waals surface area contributed by atoms with Crippen LogP contribution in [-0.2, 0) is 11.8 Å². The maximum Gasteiger partial charge on any atom is 0.0301 e. The first kappa shape index (κ1) is 16.8. The van der Waals surface area contributed by atoms with Crippen LogP contribution in [0.1, 0.15) is 42.4 Å². The lowest BCUT2D eigenvalue weighted by molar-refractivity contribution is 0.351. The highest BCUT2D eigenvalue weighted by molar-refractivity contribution is 6.09. The number of aliphatic imine (C=N–C) groups is 1. The third-order valence-corrected chi connectivity index (χ3v) is 6.45. The van der Waals surface area contributed by atoms with Crippen molar-refractivity contribution >= 4 is 11.8 Å². The standard InChI is InChI=1S/C21H30N4/c1-23-14-18(12-22)17-3-2-16-4-7-21(19(16)10-17)11-20(21)25-13-15-5-8-24-9-6-15/h2-3,10,12,14-15,20,24-25H,4-9,11,13,22H2,1H3. The maximum atomic E-state index is 5.81. The Balaban J connectivity index is 1.48. The minimum atomic E-state index is 0.376. The SMILES string of the molecule is CN=CC(=CN)c1ccc2c(c1)C1(CC2)CC1NCC1CCNCC1. The molecular weight excluding hydrogens is 308 g/mol. The minimum absolute atomic E-state index is 0.376. The Morgan fingerprint density at radius 1 is 1.40 bits per heavy atom. The number of nitrogens with one attached hydrogen (secondary N) is 2. The molecule has 25 heavy (non-hydrogen) atoms. The molecule has 2 aliphatic carbocycles. The van der Waals surface area contributed by atoms with Gasteiger partial charge in [0.25, 0.3) is 0 Å². The third-order valence-electron chi connectivity index (χ3n) is 6.45. The van der Waals surface area contributed by atoms with Gasteiger partial charge in [-0.25, -0.2) is 0 Å². The van der Waals surface area contributed by atoms with Crippen LogP contribution in [0, 0.1) is 5.92 Å². The van der Waals surface area contributed by atoms with Gasteiger partial charge in [-0.05, 0) is 74.3 Å². The first-order valence-corrected chi connectivity index (χ1v) is 9.69. The van der Waals surface area contributed by atoms with Gasteiger partial charge in [0.05, 0.1) is 0 Å². The van der Waals surface area contributed by atoms with Crippen LogP contribution in [0.15, 0.2) is 29.4 Å². The van der Waals surface area contributed by atoms with Gasteiger partial charge in [-0.15, -0.1) is 0 Å². The Labute approximate surface area is 151 Å². The second kappa shape index (κ2) is 6.93. The van der Waals surface area contributed by atoms with Crippen LogP contribution in [0.3, 0.4) is 0 Å². The Hall–Kier alpha value is -1.65. The molecule has 4 heteroatoms. The van der Waals surface area contributed by atoms with Crippen LogP contribution in [0.2, 0.25) is 0 Å². The number of nitrogens with two attached hydrogens (primary N) is 1. The number of hydrogen-bond donors (Lipinski definition) is 3. The second-order valence-electron chi connectivity index (χ2n) is 7.90. The number of benzene rings is 1. The summed E-state index contributed by atoms with van der Waals surface area (Å²) < 4.78 is 0. The average molecular weight is 338 g/mol. The maximum absolute atomic E-state index is 5.81. The van der Waals surface area contributed by atoms with E-state index in [4.69, 9.17) is 5.73 Å². The minimum Gasteiger partial charge on any atom is -0.404 e. The van der Waals surface area contributed by atoms with Gasteiger partial charge in [-0.2, -0.15) is 0 Å². The van der Waals surface area contributed by atoms with Crippen molar-refractivity contribution in [3.05, 3.63) is 41.1 Å². The first-order valence-electron chi connectivity index (χ1n) is 9.69. The van der Waals surface area contributed by atoms with Crippen molar-refractivity contribution in [2.45, 2.75) is 43.6 Å². The first-order chi connectivity index (χ1) is 12.3. The number of fused-ring (bicyclic) bond motifs is 2. The zero-order valence-electron chi connectivity index (χ0n) is 15.2. The van der Waals surface area contributed by atoms with Crippen molar-refractivity contribution in [3.8, 4) is 0 Å². The molecule has 0 aromatic heterocycles. The van der Waals surface area contributed by atoms with E-state index in [1.807, 2.05) is 6.21 Å². The van der Waals surface area contributed by atoms with Crippen molar-refractivity contribution < 1.29 is 0 Å². The quantitative estimate of drug-likeness (QED) is 0.722. The topological polar surface area (TPSA) is 62.4 Å². The van der Waals surface area contributed by atoms with Gasteiger partial charge >= 0.3 is 0 Å². The van der Waals surface area contributed by atoms with Gasteiger partial charge in [0.1, 0.15) is 0 Å². The fourth-order valence-electron chi connectivity index (χ4n) is 4.82. The van der Waals surface area contributed by atoms with E-state index >= 15 is 0 Å². The number of hydrogen-bond acceptors (Lipinski definition) is 4. The summed E-state index contributed by atoms with van der Waals surface area (Å²) in [4.78, 5) is 4.13. The molecule has 1 aromatic rings. The number of aryl methyl sites for hydroxylation is 1. The molecule has 1 heterocycles. The molecule has 0 bridgehead atoms. The predicted molar refractivity (Wildman–Crippen MR) is 105 cm³/mol. The lowest BCUT2D eigenvalue weighted by Gasteiger charge is -2.23. The van der Waals surface area contributed by atoms with E-state index in [1.165, 1.54) is 62.9 Å². The van der Waals surface area contributed by atoms with Crippen LogP contribution in [0.25, 0.3) is 5.57 Å². The number of rotatable bonds is 5.